The van der Waals surface area contributed by atoms with Gasteiger partial charge in [-0.05, 0) is 18.9 Å². The zero-order valence-corrected chi connectivity index (χ0v) is 12.5. The van der Waals surface area contributed by atoms with E-state index in [-0.39, 0.29) is 5.91 Å². The molecule has 1 heterocycles. The van der Waals surface area contributed by atoms with E-state index in [0.29, 0.717) is 10.6 Å². The van der Waals surface area contributed by atoms with E-state index in [2.05, 4.69) is 6.92 Å². The van der Waals surface area contributed by atoms with Gasteiger partial charge in [-0.1, -0.05) is 31.5 Å². The molecule has 0 aliphatic heterocycles. The van der Waals surface area contributed by atoms with E-state index in [0.717, 1.165) is 29.5 Å². The topological polar surface area (TPSA) is 46.3 Å². The van der Waals surface area contributed by atoms with E-state index in [1.165, 1.54) is 16.9 Å². The molecule has 102 valence electrons. The van der Waals surface area contributed by atoms with Crippen molar-refractivity contribution in [1.82, 2.24) is 4.90 Å². The Balaban J connectivity index is 2.37. The second-order valence-electron chi connectivity index (χ2n) is 4.88. The van der Waals surface area contributed by atoms with Crippen LogP contribution in [0.15, 0.2) is 18.2 Å². The first-order valence-corrected chi connectivity index (χ1v) is 7.41. The first kappa shape index (κ1) is 13.9. The van der Waals surface area contributed by atoms with E-state index >= 15 is 0 Å². The number of fused-ring (bicyclic) bond motifs is 1. The second kappa shape index (κ2) is 5.61. The van der Waals surface area contributed by atoms with Crippen LogP contribution in [0.1, 0.15) is 35.0 Å². The fourth-order valence-electron chi connectivity index (χ4n) is 2.11. The van der Waals surface area contributed by atoms with E-state index in [1.54, 1.807) is 4.90 Å². The number of anilines is 1. The number of carbonyl (C=O) groups excluding carboxylic acids is 1. The number of nitrogens with two attached hydrogens (primary N) is 1. The molecule has 0 saturated carbocycles. The third-order valence-corrected chi connectivity index (χ3v) is 4.68. The number of nitrogens with zero attached hydrogens (tertiary/aromatic N) is 1. The van der Waals surface area contributed by atoms with Gasteiger partial charge < -0.3 is 10.6 Å². The molecule has 0 fully saturated rings. The minimum Gasteiger partial charge on any atom is -0.397 e. The minimum absolute atomic E-state index is 0.0338. The summed E-state index contributed by atoms with van der Waals surface area (Å²) in [6.07, 6.45) is 2.10. The molecule has 0 bridgehead atoms. The zero-order chi connectivity index (χ0) is 14.0. The summed E-state index contributed by atoms with van der Waals surface area (Å²) in [7, 11) is 1.84. The maximum absolute atomic E-state index is 12.4. The first-order valence-electron chi connectivity index (χ1n) is 6.59. The van der Waals surface area contributed by atoms with Crippen LogP contribution in [0.4, 0.5) is 5.69 Å². The number of unbranched alkanes of at least 4 members (excludes halogenated alkanes) is 1. The number of hydrogen-bond acceptors (Lipinski definition) is 3. The van der Waals surface area contributed by atoms with Gasteiger partial charge in [0.05, 0.1) is 5.69 Å². The van der Waals surface area contributed by atoms with Crippen molar-refractivity contribution in [2.24, 2.45) is 0 Å². The Bertz CT molecular complexity index is 603. The lowest BCUT2D eigenvalue weighted by Crippen LogP contribution is -2.27. The van der Waals surface area contributed by atoms with Crippen molar-refractivity contribution in [3.05, 3.63) is 28.6 Å². The van der Waals surface area contributed by atoms with Crippen molar-refractivity contribution >= 4 is 33.0 Å². The molecule has 4 heteroatoms. The predicted molar refractivity (Wildman–Crippen MR) is 82.8 cm³/mol. The number of carbonyl (C=O) groups is 1. The molecule has 2 aromatic rings. The molecule has 2 rings (SSSR count). The lowest BCUT2D eigenvalue weighted by Gasteiger charge is -2.15. The summed E-state index contributed by atoms with van der Waals surface area (Å²) in [5.74, 6) is 0.0338. The van der Waals surface area contributed by atoms with Crippen molar-refractivity contribution in [3.63, 3.8) is 0 Å². The van der Waals surface area contributed by atoms with Crippen molar-refractivity contribution in [2.75, 3.05) is 19.3 Å². The van der Waals surface area contributed by atoms with Gasteiger partial charge in [0.1, 0.15) is 4.88 Å². The van der Waals surface area contributed by atoms with Crippen LogP contribution in [0.2, 0.25) is 0 Å². The Labute approximate surface area is 118 Å². The molecular formula is C15H20N2OS. The highest BCUT2D eigenvalue weighted by atomic mass is 32.1. The van der Waals surface area contributed by atoms with Gasteiger partial charge in [0, 0.05) is 23.7 Å². The molecule has 0 aliphatic rings. The minimum atomic E-state index is 0.0338. The van der Waals surface area contributed by atoms with E-state index in [1.807, 2.05) is 32.2 Å². The number of benzene rings is 1. The fraction of sp³-hybridized carbons (Fsp3) is 0.400. The Morgan fingerprint density at radius 3 is 2.79 bits per heavy atom. The predicted octanol–water partition coefficient (Wildman–Crippen LogP) is 3.66. The number of nitrogen functional groups attached to an aromatic ring is 1. The fourth-order valence-corrected chi connectivity index (χ4v) is 3.29. The van der Waals surface area contributed by atoms with Gasteiger partial charge in [0.2, 0.25) is 0 Å². The van der Waals surface area contributed by atoms with Crippen LogP contribution in [-0.4, -0.2) is 24.4 Å². The van der Waals surface area contributed by atoms with Crippen LogP contribution in [0.5, 0.6) is 0 Å². The largest absolute Gasteiger partial charge is 0.397 e. The van der Waals surface area contributed by atoms with E-state index in [4.69, 9.17) is 5.73 Å². The highest BCUT2D eigenvalue weighted by Crippen LogP contribution is 2.36. The van der Waals surface area contributed by atoms with Crippen LogP contribution in [0.25, 0.3) is 10.1 Å². The molecule has 0 saturated heterocycles. The van der Waals surface area contributed by atoms with Crippen molar-refractivity contribution in [1.29, 1.82) is 0 Å². The molecular weight excluding hydrogens is 256 g/mol. The van der Waals surface area contributed by atoms with Crippen molar-refractivity contribution in [3.8, 4) is 0 Å². The van der Waals surface area contributed by atoms with Crippen LogP contribution < -0.4 is 5.73 Å². The summed E-state index contributed by atoms with van der Waals surface area (Å²) in [6, 6.07) is 6.01. The zero-order valence-electron chi connectivity index (χ0n) is 11.7. The molecule has 1 amide bonds. The molecule has 1 aromatic heterocycles. The molecule has 0 radical (unpaired) electrons. The van der Waals surface area contributed by atoms with Gasteiger partial charge in [-0.3, -0.25) is 4.79 Å². The average molecular weight is 276 g/mol. The smallest absolute Gasteiger partial charge is 0.265 e. The van der Waals surface area contributed by atoms with E-state index in [9.17, 15) is 4.79 Å². The van der Waals surface area contributed by atoms with Crippen LogP contribution in [0, 0.1) is 6.92 Å². The second-order valence-corrected chi connectivity index (χ2v) is 5.90. The van der Waals surface area contributed by atoms with Gasteiger partial charge in [0.25, 0.3) is 5.91 Å². The van der Waals surface area contributed by atoms with Crippen molar-refractivity contribution < 1.29 is 4.79 Å². The molecule has 1 aromatic carbocycles. The van der Waals surface area contributed by atoms with Gasteiger partial charge in [-0.2, -0.15) is 0 Å². The van der Waals surface area contributed by atoms with Gasteiger partial charge in [-0.25, -0.2) is 0 Å². The summed E-state index contributed by atoms with van der Waals surface area (Å²) in [5.41, 5.74) is 7.93. The quantitative estimate of drug-likeness (QED) is 0.926. The SMILES string of the molecule is CCCCN(C)C(=O)c1sc2c(C)cccc2c1N. The standard InChI is InChI=1S/C15H20N2OS/c1-4-5-9-17(3)15(18)14-12(16)11-8-6-7-10(2)13(11)19-14/h6-8H,4-5,9,16H2,1-3H3. The molecule has 3 nitrogen and oxygen atoms in total. The Hall–Kier alpha value is -1.55. The Morgan fingerprint density at radius 1 is 1.42 bits per heavy atom. The number of thiophene rings is 1. The monoisotopic (exact) mass is 276 g/mol. The van der Waals surface area contributed by atoms with Gasteiger partial charge >= 0.3 is 0 Å². The number of hydrogen-bond donors (Lipinski definition) is 1. The molecule has 0 unspecified atom stereocenters. The normalized spacial score (nSPS) is 10.9. The van der Waals surface area contributed by atoms with Gasteiger partial charge in [-0.15, -0.1) is 11.3 Å². The Kier molecular flexibility index (Phi) is 4.10. The van der Waals surface area contributed by atoms with Crippen LogP contribution in [0.3, 0.4) is 0 Å². The molecule has 0 spiro atoms. The van der Waals surface area contributed by atoms with E-state index < -0.39 is 0 Å². The lowest BCUT2D eigenvalue weighted by molar-refractivity contribution is 0.0799. The number of aryl methyl sites for hydroxylation is 1. The summed E-state index contributed by atoms with van der Waals surface area (Å²) < 4.78 is 1.12. The van der Waals surface area contributed by atoms with Crippen LogP contribution in [-0.2, 0) is 0 Å². The summed E-state index contributed by atoms with van der Waals surface area (Å²) in [5, 5.41) is 0.997. The third-order valence-electron chi connectivity index (χ3n) is 3.34. The number of amides is 1. The molecule has 0 aliphatic carbocycles. The molecule has 0 atom stereocenters. The summed E-state index contributed by atoms with van der Waals surface area (Å²) >= 11 is 1.50. The summed E-state index contributed by atoms with van der Waals surface area (Å²) in [4.78, 5) is 14.8. The third kappa shape index (κ3) is 2.59. The first-order chi connectivity index (χ1) is 9.06. The average Bonchev–Trinajstić information content (AvgIpc) is 2.74. The van der Waals surface area contributed by atoms with Crippen molar-refractivity contribution in [2.45, 2.75) is 26.7 Å². The maximum Gasteiger partial charge on any atom is 0.265 e. The highest BCUT2D eigenvalue weighted by molar-refractivity contribution is 7.21. The molecule has 19 heavy (non-hydrogen) atoms. The van der Waals surface area contributed by atoms with Gasteiger partial charge in [0.15, 0.2) is 0 Å². The number of rotatable bonds is 4. The molecule has 2 N–H and O–H groups in total. The Morgan fingerprint density at radius 2 is 2.16 bits per heavy atom. The van der Waals surface area contributed by atoms with Crippen LogP contribution >= 0.6 is 11.3 Å². The highest BCUT2D eigenvalue weighted by Gasteiger charge is 2.19. The summed E-state index contributed by atoms with van der Waals surface area (Å²) in [6.45, 7) is 4.95. The lowest BCUT2D eigenvalue weighted by atomic mass is 10.1. The maximum atomic E-state index is 12.4.